The Bertz CT molecular complexity index is 941. The molecule has 0 radical (unpaired) electrons. The summed E-state index contributed by atoms with van der Waals surface area (Å²) in [4.78, 5) is 27.9. The lowest BCUT2D eigenvalue weighted by molar-refractivity contribution is -0.274. The van der Waals surface area contributed by atoms with E-state index in [1.807, 2.05) is 17.9 Å². The zero-order valence-electron chi connectivity index (χ0n) is 17.6. The molecule has 2 saturated heterocycles. The van der Waals surface area contributed by atoms with Crippen LogP contribution in [-0.2, 0) is 4.74 Å². The topological polar surface area (TPSA) is 71.0 Å². The van der Waals surface area contributed by atoms with E-state index in [1.165, 1.54) is 12.1 Å². The van der Waals surface area contributed by atoms with E-state index in [-0.39, 0.29) is 11.7 Å². The molecule has 11 heteroatoms. The average Bonchev–Trinajstić information content (AvgIpc) is 2.78. The summed E-state index contributed by atoms with van der Waals surface area (Å²) in [5.74, 6) is 0.914. The molecule has 32 heavy (non-hydrogen) atoms. The van der Waals surface area contributed by atoms with Crippen molar-refractivity contribution in [2.45, 2.75) is 13.3 Å². The Kier molecular flexibility index (Phi) is 6.35. The summed E-state index contributed by atoms with van der Waals surface area (Å²) < 4.78 is 46.2. The lowest BCUT2D eigenvalue weighted by atomic mass is 10.1. The van der Waals surface area contributed by atoms with Crippen LogP contribution in [0, 0.1) is 6.92 Å². The third kappa shape index (κ3) is 5.39. The van der Waals surface area contributed by atoms with Gasteiger partial charge in [0.1, 0.15) is 11.6 Å². The first kappa shape index (κ1) is 22.1. The Morgan fingerprint density at radius 2 is 1.62 bits per heavy atom. The highest BCUT2D eigenvalue weighted by Crippen LogP contribution is 2.24. The van der Waals surface area contributed by atoms with Crippen LogP contribution in [0.5, 0.6) is 5.75 Å². The van der Waals surface area contributed by atoms with Crippen LogP contribution in [0.4, 0.5) is 24.9 Å². The molecule has 3 heterocycles. The van der Waals surface area contributed by atoms with Gasteiger partial charge in [-0.2, -0.15) is 4.98 Å². The van der Waals surface area contributed by atoms with E-state index in [1.54, 1.807) is 4.90 Å². The fourth-order valence-corrected chi connectivity index (χ4v) is 3.72. The Morgan fingerprint density at radius 3 is 2.25 bits per heavy atom. The SMILES string of the molecule is Cc1cc(N2CCOCC2)nc(N2CCN(C(=O)c3ccc(OC(F)(F)F)cc3)CC2)n1. The Balaban J connectivity index is 1.38. The number of carbonyl (C=O) groups excluding carboxylic acids is 1. The molecule has 2 fully saturated rings. The Hall–Kier alpha value is -3.08. The molecule has 8 nitrogen and oxygen atoms in total. The van der Waals surface area contributed by atoms with Gasteiger partial charge >= 0.3 is 6.36 Å². The number of anilines is 2. The van der Waals surface area contributed by atoms with Gasteiger partial charge in [0.15, 0.2) is 0 Å². The number of morpholine rings is 1. The van der Waals surface area contributed by atoms with Crippen molar-refractivity contribution in [1.29, 1.82) is 0 Å². The molecule has 0 aliphatic carbocycles. The third-order valence-electron chi connectivity index (χ3n) is 5.35. The minimum absolute atomic E-state index is 0.234. The number of alkyl halides is 3. The minimum Gasteiger partial charge on any atom is -0.406 e. The van der Waals surface area contributed by atoms with Gasteiger partial charge in [-0.05, 0) is 31.2 Å². The monoisotopic (exact) mass is 451 g/mol. The number of aryl methyl sites for hydroxylation is 1. The van der Waals surface area contributed by atoms with E-state index in [0.717, 1.165) is 36.7 Å². The highest BCUT2D eigenvalue weighted by molar-refractivity contribution is 5.94. The number of piperazine rings is 1. The van der Waals surface area contributed by atoms with Gasteiger partial charge < -0.3 is 24.2 Å². The van der Waals surface area contributed by atoms with Crippen LogP contribution < -0.4 is 14.5 Å². The Labute approximate surface area is 183 Å². The predicted molar refractivity (Wildman–Crippen MR) is 111 cm³/mol. The number of amides is 1. The van der Waals surface area contributed by atoms with Crippen LogP contribution in [0.2, 0.25) is 0 Å². The summed E-state index contributed by atoms with van der Waals surface area (Å²) >= 11 is 0. The first-order valence-electron chi connectivity index (χ1n) is 10.4. The number of nitrogens with zero attached hydrogens (tertiary/aromatic N) is 5. The molecule has 2 aromatic rings. The maximum absolute atomic E-state index is 12.7. The van der Waals surface area contributed by atoms with Crippen LogP contribution >= 0.6 is 0 Å². The van der Waals surface area contributed by atoms with Gasteiger partial charge in [-0.15, -0.1) is 13.2 Å². The molecule has 0 atom stereocenters. The van der Waals surface area contributed by atoms with E-state index in [4.69, 9.17) is 9.72 Å². The van der Waals surface area contributed by atoms with Crippen molar-refractivity contribution in [2.75, 3.05) is 62.3 Å². The number of benzene rings is 1. The van der Waals surface area contributed by atoms with Gasteiger partial charge in [0.05, 0.1) is 13.2 Å². The zero-order chi connectivity index (χ0) is 22.7. The van der Waals surface area contributed by atoms with Crippen molar-refractivity contribution in [3.63, 3.8) is 0 Å². The highest BCUT2D eigenvalue weighted by Gasteiger charge is 2.31. The summed E-state index contributed by atoms with van der Waals surface area (Å²) in [6.07, 6.45) is -4.76. The van der Waals surface area contributed by atoms with Crippen LogP contribution in [0.3, 0.4) is 0 Å². The second kappa shape index (κ2) is 9.19. The number of halogens is 3. The van der Waals surface area contributed by atoms with E-state index >= 15 is 0 Å². The van der Waals surface area contributed by atoms with Crippen molar-refractivity contribution in [3.8, 4) is 5.75 Å². The number of aromatic nitrogens is 2. The molecule has 0 unspecified atom stereocenters. The van der Waals surface area contributed by atoms with Crippen LogP contribution in [-0.4, -0.2) is 79.6 Å². The number of hydrogen-bond acceptors (Lipinski definition) is 7. The smallest absolute Gasteiger partial charge is 0.406 e. The van der Waals surface area contributed by atoms with Crippen molar-refractivity contribution in [3.05, 3.63) is 41.6 Å². The number of rotatable bonds is 4. The van der Waals surface area contributed by atoms with Gasteiger partial charge in [-0.3, -0.25) is 4.79 Å². The summed E-state index contributed by atoms with van der Waals surface area (Å²) in [5, 5.41) is 0. The molecular formula is C21H24F3N5O3. The summed E-state index contributed by atoms with van der Waals surface area (Å²) in [6.45, 7) is 6.88. The normalized spacial score (nSPS) is 17.4. The molecular weight excluding hydrogens is 427 g/mol. The van der Waals surface area contributed by atoms with Gasteiger partial charge in [-0.25, -0.2) is 4.98 Å². The standard InChI is InChI=1S/C21H24F3N5O3/c1-15-14-18(27-10-12-31-13-11-27)26-20(25-15)29-8-6-28(7-9-29)19(30)16-2-4-17(5-3-16)32-21(22,23)24/h2-5,14H,6-13H2,1H3. The lowest BCUT2D eigenvalue weighted by Crippen LogP contribution is -2.49. The van der Waals surface area contributed by atoms with E-state index in [0.29, 0.717) is 50.9 Å². The Morgan fingerprint density at radius 1 is 0.969 bits per heavy atom. The first-order chi connectivity index (χ1) is 15.3. The van der Waals surface area contributed by atoms with Gasteiger partial charge in [0.25, 0.3) is 5.91 Å². The number of hydrogen-bond donors (Lipinski definition) is 0. The van der Waals surface area contributed by atoms with Gasteiger partial charge in [-0.1, -0.05) is 0 Å². The van der Waals surface area contributed by atoms with Crippen LogP contribution in [0.1, 0.15) is 16.1 Å². The number of ether oxygens (including phenoxy) is 2. The first-order valence-corrected chi connectivity index (χ1v) is 10.4. The molecule has 4 rings (SSSR count). The third-order valence-corrected chi connectivity index (χ3v) is 5.35. The molecule has 0 N–H and O–H groups in total. The lowest BCUT2D eigenvalue weighted by Gasteiger charge is -2.35. The molecule has 0 saturated carbocycles. The fourth-order valence-electron chi connectivity index (χ4n) is 3.72. The maximum Gasteiger partial charge on any atom is 0.573 e. The van der Waals surface area contributed by atoms with Crippen molar-refractivity contribution in [2.24, 2.45) is 0 Å². The number of carbonyl (C=O) groups is 1. The molecule has 2 aliphatic rings. The molecule has 0 spiro atoms. The summed E-state index contributed by atoms with van der Waals surface area (Å²) in [7, 11) is 0. The summed E-state index contributed by atoms with van der Waals surface area (Å²) in [6, 6.07) is 6.93. The van der Waals surface area contributed by atoms with E-state index in [9.17, 15) is 18.0 Å². The minimum atomic E-state index is -4.76. The van der Waals surface area contributed by atoms with Gasteiger partial charge in [0, 0.05) is 56.6 Å². The molecule has 1 amide bonds. The second-order valence-corrected chi connectivity index (χ2v) is 7.62. The average molecular weight is 451 g/mol. The largest absolute Gasteiger partial charge is 0.573 e. The van der Waals surface area contributed by atoms with Crippen molar-refractivity contribution < 1.29 is 27.4 Å². The quantitative estimate of drug-likeness (QED) is 0.707. The van der Waals surface area contributed by atoms with Crippen LogP contribution in [0.15, 0.2) is 30.3 Å². The second-order valence-electron chi connectivity index (χ2n) is 7.62. The highest BCUT2D eigenvalue weighted by atomic mass is 19.4. The molecule has 172 valence electrons. The van der Waals surface area contributed by atoms with Crippen molar-refractivity contribution >= 4 is 17.7 Å². The fraction of sp³-hybridized carbons (Fsp3) is 0.476. The van der Waals surface area contributed by atoms with Gasteiger partial charge in [0.2, 0.25) is 5.95 Å². The van der Waals surface area contributed by atoms with Crippen molar-refractivity contribution in [1.82, 2.24) is 14.9 Å². The predicted octanol–water partition coefficient (Wildman–Crippen LogP) is 2.48. The summed E-state index contributed by atoms with van der Waals surface area (Å²) in [5.41, 5.74) is 1.19. The van der Waals surface area contributed by atoms with E-state index in [2.05, 4.69) is 14.6 Å². The molecule has 1 aromatic heterocycles. The molecule has 1 aromatic carbocycles. The van der Waals surface area contributed by atoms with E-state index < -0.39 is 6.36 Å². The molecule has 0 bridgehead atoms. The van der Waals surface area contributed by atoms with Crippen LogP contribution in [0.25, 0.3) is 0 Å². The zero-order valence-corrected chi connectivity index (χ0v) is 17.6. The maximum atomic E-state index is 12.7. The molecule has 2 aliphatic heterocycles.